The van der Waals surface area contributed by atoms with Gasteiger partial charge in [-0.05, 0) is 45.7 Å². The lowest BCUT2D eigenvalue weighted by Crippen LogP contribution is -2.43. The summed E-state index contributed by atoms with van der Waals surface area (Å²) in [5.74, 6) is 2.05. The van der Waals surface area contributed by atoms with Gasteiger partial charge in [0.15, 0.2) is 0 Å². The van der Waals surface area contributed by atoms with Crippen LogP contribution in [0.3, 0.4) is 0 Å². The second-order valence-corrected chi connectivity index (χ2v) is 9.45. The fourth-order valence-corrected chi connectivity index (χ4v) is 4.10. The van der Waals surface area contributed by atoms with E-state index in [4.69, 9.17) is 9.72 Å². The Hall–Kier alpha value is -2.54. The Morgan fingerprint density at radius 2 is 1.93 bits per heavy atom. The van der Waals surface area contributed by atoms with Gasteiger partial charge in [-0.2, -0.15) is 0 Å². The number of amides is 1. The molecule has 1 saturated heterocycles. The fraction of sp³-hybridized carbons (Fsp3) is 0.565. The highest BCUT2D eigenvalue weighted by molar-refractivity contribution is 5.81. The molecule has 30 heavy (non-hydrogen) atoms. The molecule has 1 N–H and O–H groups in total. The lowest BCUT2D eigenvalue weighted by molar-refractivity contribution is -0.142. The van der Waals surface area contributed by atoms with E-state index >= 15 is 0 Å². The van der Waals surface area contributed by atoms with Crippen molar-refractivity contribution in [1.82, 2.24) is 14.5 Å². The number of imidazole rings is 1. The lowest BCUT2D eigenvalue weighted by Gasteiger charge is -2.31. The molecule has 2 aliphatic rings. The van der Waals surface area contributed by atoms with Crippen molar-refractivity contribution in [2.24, 2.45) is 0 Å². The molecule has 7 nitrogen and oxygen atoms in total. The van der Waals surface area contributed by atoms with Gasteiger partial charge >= 0.3 is 0 Å². The second-order valence-electron chi connectivity index (χ2n) is 9.45. The minimum absolute atomic E-state index is 0.0974. The van der Waals surface area contributed by atoms with Crippen LogP contribution >= 0.6 is 0 Å². The van der Waals surface area contributed by atoms with Crippen LogP contribution in [0, 0.1) is 0 Å². The first kappa shape index (κ1) is 20.7. The average Bonchev–Trinajstić information content (AvgIpc) is 3.35. The molecule has 1 atom stereocenters. The van der Waals surface area contributed by atoms with E-state index in [0.717, 1.165) is 48.0 Å². The molecule has 1 unspecified atom stereocenters. The van der Waals surface area contributed by atoms with Crippen LogP contribution in [-0.4, -0.2) is 59.2 Å². The monoisotopic (exact) mass is 411 g/mol. The third-order valence-corrected chi connectivity index (χ3v) is 5.64. The minimum atomic E-state index is -0.281. The van der Waals surface area contributed by atoms with Crippen LogP contribution in [-0.2, 0) is 22.6 Å². The third kappa shape index (κ3) is 4.17. The van der Waals surface area contributed by atoms with Gasteiger partial charge in [0.25, 0.3) is 5.91 Å². The molecule has 7 heteroatoms. The maximum Gasteiger partial charge on any atom is 0.252 e. The van der Waals surface area contributed by atoms with E-state index < -0.39 is 0 Å². The largest absolute Gasteiger partial charge is 0.378 e. The summed E-state index contributed by atoms with van der Waals surface area (Å²) < 4.78 is 7.85. The Kier molecular flexibility index (Phi) is 5.49. The first-order chi connectivity index (χ1) is 14.2. The van der Waals surface area contributed by atoms with Gasteiger partial charge in [0, 0.05) is 50.6 Å². The van der Waals surface area contributed by atoms with E-state index in [9.17, 15) is 4.79 Å². The molecule has 1 amide bonds. The maximum absolute atomic E-state index is 12.8. The van der Waals surface area contributed by atoms with Crippen LogP contribution in [0.1, 0.15) is 39.4 Å². The second kappa shape index (κ2) is 7.95. The Balaban J connectivity index is 1.66. The summed E-state index contributed by atoms with van der Waals surface area (Å²) in [7, 11) is 4.08. The molecule has 0 bridgehead atoms. The summed E-state index contributed by atoms with van der Waals surface area (Å²) >= 11 is 0. The van der Waals surface area contributed by atoms with Crippen molar-refractivity contribution in [2.45, 2.75) is 58.3 Å². The Bertz CT molecular complexity index is 905. The first-order valence-electron chi connectivity index (χ1n) is 10.8. The van der Waals surface area contributed by atoms with Crippen molar-refractivity contribution in [3.8, 4) is 11.3 Å². The number of rotatable bonds is 4. The molecule has 3 heterocycles. The van der Waals surface area contributed by atoms with Crippen LogP contribution in [0.15, 0.2) is 24.3 Å². The van der Waals surface area contributed by atoms with E-state index in [2.05, 4.69) is 59.8 Å². The van der Waals surface area contributed by atoms with Crippen LogP contribution in [0.5, 0.6) is 0 Å². The maximum atomic E-state index is 12.8. The summed E-state index contributed by atoms with van der Waals surface area (Å²) in [6.07, 6.45) is 1.51. The molecule has 2 aromatic rings. The molecule has 0 radical (unpaired) electrons. The SMILES string of the molecule is CN(C)c1ccc(-c2nc3n(c2NC(C)(C)C)CCN(C(=O)C2CCCO2)C3)cc1. The number of benzene rings is 1. The summed E-state index contributed by atoms with van der Waals surface area (Å²) in [6, 6.07) is 8.46. The third-order valence-electron chi connectivity index (χ3n) is 5.64. The first-order valence-corrected chi connectivity index (χ1v) is 10.8. The molecule has 2 aliphatic heterocycles. The van der Waals surface area contributed by atoms with Gasteiger partial charge in [-0.25, -0.2) is 4.98 Å². The Morgan fingerprint density at radius 1 is 1.20 bits per heavy atom. The van der Waals surface area contributed by atoms with E-state index in [-0.39, 0.29) is 17.6 Å². The fourth-order valence-electron chi connectivity index (χ4n) is 4.10. The van der Waals surface area contributed by atoms with Crippen molar-refractivity contribution < 1.29 is 9.53 Å². The van der Waals surface area contributed by atoms with Gasteiger partial charge in [-0.15, -0.1) is 0 Å². The van der Waals surface area contributed by atoms with Crippen molar-refractivity contribution in [2.75, 3.05) is 37.5 Å². The molecule has 0 spiro atoms. The van der Waals surface area contributed by atoms with Gasteiger partial charge < -0.3 is 24.4 Å². The molecule has 1 aromatic carbocycles. The minimum Gasteiger partial charge on any atom is -0.378 e. The number of anilines is 2. The van der Waals surface area contributed by atoms with E-state index in [1.165, 1.54) is 0 Å². The highest BCUT2D eigenvalue weighted by Crippen LogP contribution is 2.34. The summed E-state index contributed by atoms with van der Waals surface area (Å²) in [4.78, 5) is 21.8. The van der Waals surface area contributed by atoms with Gasteiger partial charge in [-0.3, -0.25) is 4.79 Å². The van der Waals surface area contributed by atoms with Gasteiger partial charge in [0.05, 0.1) is 6.54 Å². The van der Waals surface area contributed by atoms with Crippen molar-refractivity contribution in [1.29, 1.82) is 0 Å². The summed E-state index contributed by atoms with van der Waals surface area (Å²) in [5.41, 5.74) is 3.07. The molecule has 1 aromatic heterocycles. The molecule has 1 fully saturated rings. The number of nitrogens with zero attached hydrogens (tertiary/aromatic N) is 4. The van der Waals surface area contributed by atoms with Gasteiger partial charge in [-0.1, -0.05) is 12.1 Å². The van der Waals surface area contributed by atoms with Crippen molar-refractivity contribution in [3.05, 3.63) is 30.1 Å². The number of carbonyl (C=O) groups is 1. The van der Waals surface area contributed by atoms with Crippen LogP contribution in [0.4, 0.5) is 11.5 Å². The van der Waals surface area contributed by atoms with E-state index in [0.29, 0.717) is 19.7 Å². The number of ether oxygens (including phenoxy) is 1. The zero-order chi connectivity index (χ0) is 21.5. The highest BCUT2D eigenvalue weighted by Gasteiger charge is 2.33. The van der Waals surface area contributed by atoms with Crippen LogP contribution in [0.25, 0.3) is 11.3 Å². The van der Waals surface area contributed by atoms with E-state index in [1.807, 2.05) is 19.0 Å². The molecule has 0 saturated carbocycles. The van der Waals surface area contributed by atoms with Gasteiger partial charge in [0.1, 0.15) is 23.4 Å². The van der Waals surface area contributed by atoms with Crippen LogP contribution in [0.2, 0.25) is 0 Å². The summed E-state index contributed by atoms with van der Waals surface area (Å²) in [5, 5.41) is 3.65. The van der Waals surface area contributed by atoms with E-state index in [1.54, 1.807) is 0 Å². The number of aromatic nitrogens is 2. The molecule has 162 valence electrons. The standard InChI is InChI=1S/C23H33N5O2/c1-23(2,3)25-21-20(16-8-10-17(11-9-16)26(4)5)24-19-15-27(12-13-28(19)21)22(29)18-7-6-14-30-18/h8-11,18,25H,6-7,12-15H2,1-5H3. The average molecular weight is 412 g/mol. The number of fused-ring (bicyclic) bond motifs is 1. The number of nitrogens with one attached hydrogen (secondary N) is 1. The normalized spacial score (nSPS) is 19.0. The highest BCUT2D eigenvalue weighted by atomic mass is 16.5. The molecular weight excluding hydrogens is 378 g/mol. The van der Waals surface area contributed by atoms with Crippen molar-refractivity contribution >= 4 is 17.4 Å². The zero-order valence-electron chi connectivity index (χ0n) is 18.7. The quantitative estimate of drug-likeness (QED) is 0.836. The predicted octanol–water partition coefficient (Wildman–Crippen LogP) is 3.35. The molecular formula is C23H33N5O2. The smallest absolute Gasteiger partial charge is 0.252 e. The molecule has 4 rings (SSSR count). The number of carbonyl (C=O) groups excluding carboxylic acids is 1. The lowest BCUT2D eigenvalue weighted by atomic mass is 10.1. The Morgan fingerprint density at radius 3 is 2.53 bits per heavy atom. The number of hydrogen-bond acceptors (Lipinski definition) is 5. The van der Waals surface area contributed by atoms with Crippen LogP contribution < -0.4 is 10.2 Å². The topological polar surface area (TPSA) is 62.6 Å². The predicted molar refractivity (Wildman–Crippen MR) is 120 cm³/mol. The molecule has 0 aliphatic carbocycles. The summed E-state index contributed by atoms with van der Waals surface area (Å²) in [6.45, 7) is 9.08. The van der Waals surface area contributed by atoms with Gasteiger partial charge in [0.2, 0.25) is 0 Å². The van der Waals surface area contributed by atoms with Crippen molar-refractivity contribution in [3.63, 3.8) is 0 Å². The zero-order valence-corrected chi connectivity index (χ0v) is 18.7. The number of hydrogen-bond donors (Lipinski definition) is 1. The Labute approximate surface area is 179 Å².